The molecule has 0 spiro atoms. The molecule has 1 aromatic rings. The van der Waals surface area contributed by atoms with Crippen molar-refractivity contribution in [3.63, 3.8) is 0 Å². The molecule has 110 valence electrons. The van der Waals surface area contributed by atoms with Crippen molar-refractivity contribution in [1.82, 2.24) is 15.0 Å². The largest absolute Gasteiger partial charge is 0.378 e. The minimum Gasteiger partial charge on any atom is -0.378 e. The maximum absolute atomic E-state index is 11.4. The van der Waals surface area contributed by atoms with Crippen molar-refractivity contribution >= 4 is 17.8 Å². The minimum absolute atomic E-state index is 0.00314. The van der Waals surface area contributed by atoms with Crippen molar-refractivity contribution in [3.8, 4) is 0 Å². The lowest BCUT2D eigenvalue weighted by Gasteiger charge is -2.28. The smallest absolute Gasteiger partial charge is 0.286 e. The molecule has 0 aromatic carbocycles. The van der Waals surface area contributed by atoms with Crippen molar-refractivity contribution < 1.29 is 9.53 Å². The van der Waals surface area contributed by atoms with Gasteiger partial charge in [-0.25, -0.2) is 0 Å². The van der Waals surface area contributed by atoms with Crippen LogP contribution in [0.2, 0.25) is 0 Å². The van der Waals surface area contributed by atoms with Gasteiger partial charge in [0.2, 0.25) is 17.7 Å². The fourth-order valence-corrected chi connectivity index (χ4v) is 2.02. The summed E-state index contributed by atoms with van der Waals surface area (Å²) in [6.07, 6.45) is 0. The molecule has 2 heterocycles. The maximum atomic E-state index is 11.4. The predicted molar refractivity (Wildman–Crippen MR) is 74.9 cm³/mol. The average Bonchev–Trinajstić information content (AvgIpc) is 2.49. The number of nitrogens with two attached hydrogens (primary N) is 1. The maximum Gasteiger partial charge on any atom is 0.286 e. The van der Waals surface area contributed by atoms with Crippen LogP contribution < -0.4 is 15.5 Å². The van der Waals surface area contributed by atoms with Crippen LogP contribution in [0.15, 0.2) is 0 Å². The van der Waals surface area contributed by atoms with Crippen LogP contribution in [-0.2, 0) is 4.74 Å². The summed E-state index contributed by atoms with van der Waals surface area (Å²) in [6.45, 7) is 8.15. The van der Waals surface area contributed by atoms with E-state index in [1.54, 1.807) is 0 Å². The third-order valence-corrected chi connectivity index (χ3v) is 3.17. The standard InChI is InChI=1S/C12H20N6O2/c1-3-17(4-2)11-14-10(9(13)19)15-12(16-11)18-5-7-20-8-6-18/h3-8H2,1-2H3,(H2,13,19). The minimum atomic E-state index is -0.643. The number of ether oxygens (including phenoxy) is 1. The van der Waals surface area contributed by atoms with E-state index < -0.39 is 5.91 Å². The van der Waals surface area contributed by atoms with Gasteiger partial charge in [-0.3, -0.25) is 4.79 Å². The fraction of sp³-hybridized carbons (Fsp3) is 0.667. The number of aromatic nitrogens is 3. The van der Waals surface area contributed by atoms with Gasteiger partial charge in [-0.15, -0.1) is 0 Å². The van der Waals surface area contributed by atoms with Gasteiger partial charge >= 0.3 is 0 Å². The Bertz CT molecular complexity index is 471. The molecule has 0 atom stereocenters. The first kappa shape index (κ1) is 14.4. The van der Waals surface area contributed by atoms with Crippen LogP contribution >= 0.6 is 0 Å². The van der Waals surface area contributed by atoms with Gasteiger partial charge in [0.1, 0.15) is 0 Å². The molecule has 1 aromatic heterocycles. The Kier molecular flexibility index (Phi) is 4.67. The normalized spacial score (nSPS) is 15.2. The van der Waals surface area contributed by atoms with Gasteiger partial charge < -0.3 is 20.3 Å². The highest BCUT2D eigenvalue weighted by molar-refractivity contribution is 5.89. The Hall–Kier alpha value is -1.96. The second kappa shape index (κ2) is 6.47. The van der Waals surface area contributed by atoms with E-state index in [1.807, 2.05) is 23.6 Å². The van der Waals surface area contributed by atoms with Gasteiger partial charge in [0, 0.05) is 26.2 Å². The summed E-state index contributed by atoms with van der Waals surface area (Å²) in [5.41, 5.74) is 5.31. The Labute approximate surface area is 118 Å². The molecule has 0 aliphatic carbocycles. The number of rotatable bonds is 5. The summed E-state index contributed by atoms with van der Waals surface area (Å²) in [5.74, 6) is 0.331. The monoisotopic (exact) mass is 280 g/mol. The lowest BCUT2D eigenvalue weighted by Crippen LogP contribution is -2.38. The second-order valence-corrected chi connectivity index (χ2v) is 4.39. The Morgan fingerprint density at radius 3 is 2.45 bits per heavy atom. The molecule has 20 heavy (non-hydrogen) atoms. The molecule has 8 heteroatoms. The SMILES string of the molecule is CCN(CC)c1nc(C(N)=O)nc(N2CCOCC2)n1. The van der Waals surface area contributed by atoms with Crippen LogP contribution in [0.5, 0.6) is 0 Å². The second-order valence-electron chi connectivity index (χ2n) is 4.39. The van der Waals surface area contributed by atoms with Gasteiger partial charge in [0.15, 0.2) is 0 Å². The van der Waals surface area contributed by atoms with E-state index in [-0.39, 0.29) is 5.82 Å². The molecule has 1 amide bonds. The lowest BCUT2D eigenvalue weighted by molar-refractivity contribution is 0.0990. The van der Waals surface area contributed by atoms with Crippen molar-refractivity contribution in [3.05, 3.63) is 5.82 Å². The molecular formula is C12H20N6O2. The number of anilines is 2. The van der Waals surface area contributed by atoms with Crippen molar-refractivity contribution in [2.24, 2.45) is 5.73 Å². The van der Waals surface area contributed by atoms with E-state index in [0.717, 1.165) is 13.1 Å². The topological polar surface area (TPSA) is 97.5 Å². The third kappa shape index (κ3) is 3.13. The summed E-state index contributed by atoms with van der Waals surface area (Å²) in [5, 5.41) is 0. The summed E-state index contributed by atoms with van der Waals surface area (Å²) >= 11 is 0. The number of carbonyl (C=O) groups excluding carboxylic acids is 1. The van der Waals surface area contributed by atoms with Gasteiger partial charge in [0.25, 0.3) is 5.91 Å². The molecule has 8 nitrogen and oxygen atoms in total. The van der Waals surface area contributed by atoms with Crippen LogP contribution in [0, 0.1) is 0 Å². The Morgan fingerprint density at radius 2 is 1.90 bits per heavy atom. The quantitative estimate of drug-likeness (QED) is 0.787. The van der Waals surface area contributed by atoms with E-state index in [9.17, 15) is 4.79 Å². The number of hydrogen-bond donors (Lipinski definition) is 1. The molecule has 1 aliphatic heterocycles. The van der Waals surface area contributed by atoms with Gasteiger partial charge in [-0.05, 0) is 13.8 Å². The highest BCUT2D eigenvalue weighted by atomic mass is 16.5. The Morgan fingerprint density at radius 1 is 1.25 bits per heavy atom. The zero-order valence-corrected chi connectivity index (χ0v) is 11.9. The van der Waals surface area contributed by atoms with E-state index in [2.05, 4.69) is 15.0 Å². The number of hydrogen-bond acceptors (Lipinski definition) is 7. The Balaban J connectivity index is 2.37. The molecule has 1 fully saturated rings. The van der Waals surface area contributed by atoms with Crippen molar-refractivity contribution in [2.75, 3.05) is 49.2 Å². The first-order valence-electron chi connectivity index (χ1n) is 6.79. The highest BCUT2D eigenvalue weighted by Gasteiger charge is 2.19. The van der Waals surface area contributed by atoms with Gasteiger partial charge in [-0.1, -0.05) is 0 Å². The molecule has 1 aliphatic rings. The van der Waals surface area contributed by atoms with Crippen LogP contribution in [0.4, 0.5) is 11.9 Å². The van der Waals surface area contributed by atoms with E-state index >= 15 is 0 Å². The predicted octanol–water partition coefficient (Wildman–Crippen LogP) is -0.347. The molecule has 1 saturated heterocycles. The van der Waals surface area contributed by atoms with Gasteiger partial charge in [-0.2, -0.15) is 15.0 Å². The number of primary amides is 1. The summed E-state index contributed by atoms with van der Waals surface area (Å²) in [7, 11) is 0. The summed E-state index contributed by atoms with van der Waals surface area (Å²) in [6, 6.07) is 0. The van der Waals surface area contributed by atoms with Crippen LogP contribution in [0.3, 0.4) is 0 Å². The zero-order chi connectivity index (χ0) is 14.5. The van der Waals surface area contributed by atoms with Crippen LogP contribution in [0.1, 0.15) is 24.5 Å². The van der Waals surface area contributed by atoms with E-state index in [4.69, 9.17) is 10.5 Å². The molecular weight excluding hydrogens is 260 g/mol. The van der Waals surface area contributed by atoms with E-state index in [1.165, 1.54) is 0 Å². The number of morpholine rings is 1. The highest BCUT2D eigenvalue weighted by Crippen LogP contribution is 2.15. The number of nitrogens with zero attached hydrogens (tertiary/aromatic N) is 5. The number of carbonyl (C=O) groups is 1. The first-order chi connectivity index (χ1) is 9.65. The molecule has 2 rings (SSSR count). The zero-order valence-electron chi connectivity index (χ0n) is 11.9. The summed E-state index contributed by atoms with van der Waals surface area (Å²) in [4.78, 5) is 28.1. The molecule has 0 unspecified atom stereocenters. The molecule has 0 radical (unpaired) electrons. The van der Waals surface area contributed by atoms with Crippen molar-refractivity contribution in [2.45, 2.75) is 13.8 Å². The first-order valence-corrected chi connectivity index (χ1v) is 6.79. The van der Waals surface area contributed by atoms with E-state index in [0.29, 0.717) is 38.2 Å². The fourth-order valence-electron chi connectivity index (χ4n) is 2.02. The lowest BCUT2D eigenvalue weighted by atomic mass is 10.4. The third-order valence-electron chi connectivity index (χ3n) is 3.17. The number of amides is 1. The average molecular weight is 280 g/mol. The van der Waals surface area contributed by atoms with Gasteiger partial charge in [0.05, 0.1) is 13.2 Å². The summed E-state index contributed by atoms with van der Waals surface area (Å²) < 4.78 is 5.30. The van der Waals surface area contributed by atoms with Crippen LogP contribution in [-0.4, -0.2) is 60.3 Å². The molecule has 0 bridgehead atoms. The van der Waals surface area contributed by atoms with Crippen LogP contribution in [0.25, 0.3) is 0 Å². The molecule has 0 saturated carbocycles. The molecule has 2 N–H and O–H groups in total. The van der Waals surface area contributed by atoms with Crippen molar-refractivity contribution in [1.29, 1.82) is 0 Å².